The molecule has 0 heterocycles. The van der Waals surface area contributed by atoms with E-state index in [0.717, 1.165) is 6.42 Å². The number of amides is 1. The van der Waals surface area contributed by atoms with Gasteiger partial charge in [0.15, 0.2) is 0 Å². The number of esters is 1. The largest absolute Gasteiger partial charge is 0.465 e. The van der Waals surface area contributed by atoms with Gasteiger partial charge in [0.05, 0.1) is 24.3 Å². The Morgan fingerprint density at radius 3 is 2.45 bits per heavy atom. The van der Waals surface area contributed by atoms with Crippen molar-refractivity contribution in [2.24, 2.45) is 0 Å². The van der Waals surface area contributed by atoms with E-state index in [-0.39, 0.29) is 17.6 Å². The third kappa shape index (κ3) is 5.01. The molecule has 0 saturated carbocycles. The highest BCUT2D eigenvalue weighted by molar-refractivity contribution is 6.05. The molecule has 0 bridgehead atoms. The van der Waals surface area contributed by atoms with E-state index in [9.17, 15) is 9.59 Å². The van der Waals surface area contributed by atoms with Crippen molar-refractivity contribution >= 4 is 11.9 Å². The van der Waals surface area contributed by atoms with Crippen LogP contribution in [0.25, 0.3) is 0 Å². The van der Waals surface area contributed by atoms with Gasteiger partial charge in [0.2, 0.25) is 0 Å². The lowest BCUT2D eigenvalue weighted by Crippen LogP contribution is -2.27. The van der Waals surface area contributed by atoms with Crippen LogP contribution in [0.15, 0.2) is 24.3 Å². The fourth-order valence-electron chi connectivity index (χ4n) is 1.66. The van der Waals surface area contributed by atoms with E-state index < -0.39 is 5.97 Å². The number of ether oxygens (including phenoxy) is 2. The minimum atomic E-state index is -0.515. The molecule has 0 aliphatic carbocycles. The van der Waals surface area contributed by atoms with Crippen LogP contribution in [0, 0.1) is 0 Å². The highest BCUT2D eigenvalue weighted by Gasteiger charge is 2.16. The molecule has 0 aliphatic heterocycles. The zero-order chi connectivity index (χ0) is 15.0. The number of carbonyl (C=O) groups excluding carboxylic acids is 2. The van der Waals surface area contributed by atoms with Crippen molar-refractivity contribution in [2.75, 3.05) is 20.3 Å². The molecule has 0 saturated heterocycles. The maximum atomic E-state index is 12.0. The van der Waals surface area contributed by atoms with Crippen LogP contribution < -0.4 is 5.32 Å². The summed E-state index contributed by atoms with van der Waals surface area (Å²) in [6.07, 6.45) is 0.912. The van der Waals surface area contributed by atoms with E-state index in [2.05, 4.69) is 10.1 Å². The summed E-state index contributed by atoms with van der Waals surface area (Å²) in [6.45, 7) is 5.02. The summed E-state index contributed by atoms with van der Waals surface area (Å²) in [5, 5.41) is 2.77. The number of hydrogen-bond acceptors (Lipinski definition) is 4. The molecule has 5 heteroatoms. The van der Waals surface area contributed by atoms with Crippen LogP contribution in [0.1, 0.15) is 41.0 Å². The number of carbonyl (C=O) groups is 2. The van der Waals surface area contributed by atoms with E-state index >= 15 is 0 Å². The van der Waals surface area contributed by atoms with E-state index in [0.29, 0.717) is 18.7 Å². The lowest BCUT2D eigenvalue weighted by atomic mass is 10.1. The minimum absolute atomic E-state index is 0.186. The highest BCUT2D eigenvalue weighted by atomic mass is 16.5. The quantitative estimate of drug-likeness (QED) is 0.612. The van der Waals surface area contributed by atoms with E-state index in [4.69, 9.17) is 4.74 Å². The topological polar surface area (TPSA) is 64.6 Å². The average molecular weight is 279 g/mol. The molecule has 0 aromatic heterocycles. The Morgan fingerprint density at radius 2 is 1.85 bits per heavy atom. The van der Waals surface area contributed by atoms with Crippen molar-refractivity contribution < 1.29 is 19.1 Å². The number of hydrogen-bond donors (Lipinski definition) is 1. The van der Waals surface area contributed by atoms with Gasteiger partial charge in [-0.25, -0.2) is 4.79 Å². The van der Waals surface area contributed by atoms with Gasteiger partial charge in [-0.05, 0) is 32.4 Å². The van der Waals surface area contributed by atoms with E-state index in [1.54, 1.807) is 24.3 Å². The maximum Gasteiger partial charge on any atom is 0.338 e. The van der Waals surface area contributed by atoms with Crippen LogP contribution in [0.3, 0.4) is 0 Å². The summed E-state index contributed by atoms with van der Waals surface area (Å²) >= 11 is 0. The molecule has 0 radical (unpaired) electrons. The first-order valence-corrected chi connectivity index (χ1v) is 6.63. The predicted octanol–water partition coefficient (Wildman–Crippen LogP) is 2.02. The standard InChI is InChI=1S/C15H21NO4/c1-11(2)20-10-6-9-16-14(17)12-7-4-5-8-13(12)15(18)19-3/h4-5,7-8,11H,6,9-10H2,1-3H3,(H,16,17). The van der Waals surface area contributed by atoms with Crippen LogP contribution in [0.2, 0.25) is 0 Å². The van der Waals surface area contributed by atoms with Crippen LogP contribution >= 0.6 is 0 Å². The van der Waals surface area contributed by atoms with Gasteiger partial charge in [-0.15, -0.1) is 0 Å². The number of methoxy groups -OCH3 is 1. The Kier molecular flexibility index (Phi) is 6.73. The zero-order valence-electron chi connectivity index (χ0n) is 12.1. The molecule has 1 amide bonds. The van der Waals surface area contributed by atoms with Gasteiger partial charge in [0, 0.05) is 13.2 Å². The predicted molar refractivity (Wildman–Crippen MR) is 75.8 cm³/mol. The van der Waals surface area contributed by atoms with Gasteiger partial charge in [0.1, 0.15) is 0 Å². The summed E-state index contributed by atoms with van der Waals surface area (Å²) in [5.41, 5.74) is 0.593. The van der Waals surface area contributed by atoms with Gasteiger partial charge in [-0.1, -0.05) is 12.1 Å². The van der Waals surface area contributed by atoms with Crippen LogP contribution in [-0.4, -0.2) is 38.2 Å². The molecule has 1 N–H and O–H groups in total. The molecule has 20 heavy (non-hydrogen) atoms. The normalized spacial score (nSPS) is 10.4. The summed E-state index contributed by atoms with van der Waals surface area (Å²) in [5.74, 6) is -0.797. The number of rotatable bonds is 7. The van der Waals surface area contributed by atoms with Gasteiger partial charge < -0.3 is 14.8 Å². The Bertz CT molecular complexity index is 457. The monoisotopic (exact) mass is 279 g/mol. The van der Waals surface area contributed by atoms with Crippen molar-refractivity contribution in [3.8, 4) is 0 Å². The molecule has 1 aromatic carbocycles. The molecule has 0 spiro atoms. The summed E-state index contributed by atoms with van der Waals surface area (Å²) in [7, 11) is 1.29. The molecular formula is C15H21NO4. The average Bonchev–Trinajstić information content (AvgIpc) is 2.45. The molecule has 1 rings (SSSR count). The van der Waals surface area contributed by atoms with Crippen molar-refractivity contribution in [3.63, 3.8) is 0 Å². The van der Waals surface area contributed by atoms with Gasteiger partial charge in [-0.2, -0.15) is 0 Å². The second kappa shape index (κ2) is 8.32. The second-order valence-corrected chi connectivity index (χ2v) is 4.57. The van der Waals surface area contributed by atoms with Crippen molar-refractivity contribution in [3.05, 3.63) is 35.4 Å². The Hall–Kier alpha value is -1.88. The van der Waals surface area contributed by atoms with E-state index in [1.165, 1.54) is 7.11 Å². The first kappa shape index (κ1) is 16.2. The first-order chi connectivity index (χ1) is 9.56. The zero-order valence-corrected chi connectivity index (χ0v) is 12.1. The molecule has 0 unspecified atom stereocenters. The lowest BCUT2D eigenvalue weighted by Gasteiger charge is -2.10. The summed E-state index contributed by atoms with van der Waals surface area (Å²) in [6, 6.07) is 6.58. The maximum absolute atomic E-state index is 12.0. The summed E-state index contributed by atoms with van der Waals surface area (Å²) < 4.78 is 10.0. The second-order valence-electron chi connectivity index (χ2n) is 4.57. The Morgan fingerprint density at radius 1 is 1.20 bits per heavy atom. The number of nitrogens with one attached hydrogen (secondary N) is 1. The van der Waals surface area contributed by atoms with Gasteiger partial charge >= 0.3 is 5.97 Å². The molecule has 110 valence electrons. The molecule has 0 atom stereocenters. The first-order valence-electron chi connectivity index (χ1n) is 6.63. The summed E-state index contributed by atoms with van der Waals surface area (Å²) in [4.78, 5) is 23.6. The van der Waals surface area contributed by atoms with Crippen LogP contribution in [0.5, 0.6) is 0 Å². The smallest absolute Gasteiger partial charge is 0.338 e. The minimum Gasteiger partial charge on any atom is -0.465 e. The third-order valence-electron chi connectivity index (χ3n) is 2.63. The highest BCUT2D eigenvalue weighted by Crippen LogP contribution is 2.10. The number of benzene rings is 1. The van der Waals surface area contributed by atoms with Gasteiger partial charge in [0.25, 0.3) is 5.91 Å². The fraction of sp³-hybridized carbons (Fsp3) is 0.467. The van der Waals surface area contributed by atoms with Crippen molar-refractivity contribution in [1.82, 2.24) is 5.32 Å². The van der Waals surface area contributed by atoms with Crippen molar-refractivity contribution in [1.29, 1.82) is 0 Å². The fourth-order valence-corrected chi connectivity index (χ4v) is 1.66. The SMILES string of the molecule is COC(=O)c1ccccc1C(=O)NCCCOC(C)C. The molecule has 5 nitrogen and oxygen atoms in total. The van der Waals surface area contributed by atoms with Crippen molar-refractivity contribution in [2.45, 2.75) is 26.4 Å². The molecule has 0 fully saturated rings. The van der Waals surface area contributed by atoms with E-state index in [1.807, 2.05) is 13.8 Å². The Balaban J connectivity index is 2.53. The van der Waals surface area contributed by atoms with Gasteiger partial charge in [-0.3, -0.25) is 4.79 Å². The van der Waals surface area contributed by atoms with Crippen LogP contribution in [0.4, 0.5) is 0 Å². The Labute approximate surface area is 119 Å². The van der Waals surface area contributed by atoms with Crippen LogP contribution in [-0.2, 0) is 9.47 Å². The third-order valence-corrected chi connectivity index (χ3v) is 2.63. The molecule has 0 aliphatic rings. The molecular weight excluding hydrogens is 258 g/mol. The molecule has 1 aromatic rings. The lowest BCUT2D eigenvalue weighted by molar-refractivity contribution is 0.0595.